The molecule has 0 saturated heterocycles. The Morgan fingerprint density at radius 1 is 1.14 bits per heavy atom. The molecule has 178 valence electrons. The maximum absolute atomic E-state index is 13.5. The average Bonchev–Trinajstić information content (AvgIpc) is 3.51. The number of nitrogens with two attached hydrogens (primary N) is 1. The number of imidazole rings is 1. The number of hydrogen-bond acceptors (Lipinski definition) is 4. The molecule has 1 amide bonds. The molecule has 0 bridgehead atoms. The Kier molecular flexibility index (Phi) is 5.56. The first-order chi connectivity index (χ1) is 16.7. The number of carbonyl (C=O) groups excluding carboxylic acids is 1. The van der Waals surface area contributed by atoms with Crippen molar-refractivity contribution in [2.75, 3.05) is 0 Å². The molecular formula is C26H23ClFN5O2. The Morgan fingerprint density at radius 3 is 2.51 bits per heavy atom. The van der Waals surface area contributed by atoms with Crippen LogP contribution < -0.4 is 11.3 Å². The average molecular weight is 492 g/mol. The molecular weight excluding hydrogens is 469 g/mol. The maximum atomic E-state index is 13.5. The largest absolute Gasteiger partial charge is 0.363 e. The molecule has 0 radical (unpaired) electrons. The molecule has 35 heavy (non-hydrogen) atoms. The Bertz CT molecular complexity index is 1540. The van der Waals surface area contributed by atoms with Crippen LogP contribution in [0.25, 0.3) is 17.1 Å². The van der Waals surface area contributed by atoms with Crippen LogP contribution in [0.15, 0.2) is 53.6 Å². The fourth-order valence-corrected chi connectivity index (χ4v) is 4.91. The van der Waals surface area contributed by atoms with Gasteiger partial charge in [-0.2, -0.15) is 0 Å². The number of rotatable bonds is 5. The Hall–Kier alpha value is -3.78. The van der Waals surface area contributed by atoms with E-state index < -0.39 is 5.91 Å². The van der Waals surface area contributed by atoms with Crippen LogP contribution in [0.3, 0.4) is 0 Å². The zero-order valence-electron chi connectivity index (χ0n) is 19.4. The zero-order chi connectivity index (χ0) is 25.0. The lowest BCUT2D eigenvalue weighted by atomic mass is 10.0. The van der Waals surface area contributed by atoms with Gasteiger partial charge < -0.3 is 10.3 Å². The summed E-state index contributed by atoms with van der Waals surface area (Å²) in [5.74, 6) is -0.472. The summed E-state index contributed by atoms with van der Waals surface area (Å²) in [7, 11) is 1.68. The van der Waals surface area contributed by atoms with Gasteiger partial charge in [0.2, 0.25) is 0 Å². The van der Waals surface area contributed by atoms with Crippen molar-refractivity contribution in [1.29, 1.82) is 0 Å². The second-order valence-electron chi connectivity index (χ2n) is 8.98. The van der Waals surface area contributed by atoms with Crippen molar-refractivity contribution in [3.8, 4) is 17.1 Å². The molecule has 3 heterocycles. The van der Waals surface area contributed by atoms with Crippen molar-refractivity contribution in [2.45, 2.75) is 32.1 Å². The van der Waals surface area contributed by atoms with Gasteiger partial charge in [-0.05, 0) is 73.1 Å². The topological polar surface area (TPSA) is 95.8 Å². The summed E-state index contributed by atoms with van der Waals surface area (Å²) in [5, 5.41) is 0.178. The van der Waals surface area contributed by atoms with Gasteiger partial charge in [-0.15, -0.1) is 0 Å². The summed E-state index contributed by atoms with van der Waals surface area (Å²) >= 11 is 6.63. The van der Waals surface area contributed by atoms with Crippen LogP contribution >= 0.6 is 11.6 Å². The highest BCUT2D eigenvalue weighted by molar-refractivity contribution is 6.31. The van der Waals surface area contributed by atoms with Gasteiger partial charge in [0.1, 0.15) is 16.5 Å². The molecule has 1 saturated carbocycles. The Morgan fingerprint density at radius 2 is 1.86 bits per heavy atom. The number of aryl methyl sites for hydroxylation is 3. The standard InChI is InChI=1S/C26H23ClFN5O2/c1-13-11-30-20(21-12-32(3)25(31-21)24(29)34)10-22(13)33-14(2)8-19(23(27)26(33)35)18-9-17(18)15-4-6-16(28)7-5-15/h4-8,10-12,17-18H,9H2,1-3H3,(H2,29,34)/t17?,18-/m1/s1. The van der Waals surface area contributed by atoms with E-state index in [1.165, 1.54) is 16.7 Å². The van der Waals surface area contributed by atoms with Gasteiger partial charge in [0.25, 0.3) is 11.5 Å². The first-order valence-corrected chi connectivity index (χ1v) is 11.5. The predicted octanol–water partition coefficient (Wildman–Crippen LogP) is 4.41. The van der Waals surface area contributed by atoms with E-state index in [1.807, 2.05) is 19.9 Å². The van der Waals surface area contributed by atoms with Crippen LogP contribution in [0.5, 0.6) is 0 Å². The molecule has 9 heteroatoms. The Labute approximate surface area is 206 Å². The number of primary amides is 1. The third-order valence-corrected chi connectivity index (χ3v) is 6.90. The molecule has 0 spiro atoms. The van der Waals surface area contributed by atoms with Crippen molar-refractivity contribution < 1.29 is 9.18 Å². The zero-order valence-corrected chi connectivity index (χ0v) is 20.2. The SMILES string of the molecule is Cc1cnc(-c2cn(C)c(C(N)=O)n2)cc1-n1c(C)cc([C@@H]2CC2c2ccc(F)cc2)c(Cl)c1=O. The van der Waals surface area contributed by atoms with E-state index in [-0.39, 0.29) is 34.1 Å². The van der Waals surface area contributed by atoms with Crippen LogP contribution in [-0.2, 0) is 7.05 Å². The molecule has 4 aromatic rings. The van der Waals surface area contributed by atoms with Crippen molar-refractivity contribution in [3.63, 3.8) is 0 Å². The quantitative estimate of drug-likeness (QED) is 0.447. The van der Waals surface area contributed by atoms with E-state index in [2.05, 4.69) is 9.97 Å². The number of nitrogens with zero attached hydrogens (tertiary/aromatic N) is 4. The molecule has 3 aromatic heterocycles. The van der Waals surface area contributed by atoms with E-state index in [1.54, 1.807) is 42.2 Å². The minimum absolute atomic E-state index is 0.115. The number of pyridine rings is 2. The summed E-state index contributed by atoms with van der Waals surface area (Å²) in [6.07, 6.45) is 4.17. The van der Waals surface area contributed by atoms with Crippen molar-refractivity contribution in [2.24, 2.45) is 12.8 Å². The van der Waals surface area contributed by atoms with Gasteiger partial charge in [-0.1, -0.05) is 23.7 Å². The lowest BCUT2D eigenvalue weighted by molar-refractivity contribution is 0.0987. The maximum Gasteiger partial charge on any atom is 0.284 e. The third-order valence-electron chi connectivity index (χ3n) is 6.52. The molecule has 0 aliphatic heterocycles. The molecule has 1 fully saturated rings. The summed E-state index contributed by atoms with van der Waals surface area (Å²) in [6.45, 7) is 3.72. The summed E-state index contributed by atoms with van der Waals surface area (Å²) in [4.78, 5) is 33.8. The second-order valence-corrected chi connectivity index (χ2v) is 9.35. The van der Waals surface area contributed by atoms with Crippen molar-refractivity contribution >= 4 is 17.5 Å². The lowest BCUT2D eigenvalue weighted by Gasteiger charge is -2.16. The lowest BCUT2D eigenvalue weighted by Crippen LogP contribution is -2.23. The normalized spacial score (nSPS) is 16.9. The van der Waals surface area contributed by atoms with Crippen LogP contribution in [-0.4, -0.2) is 25.0 Å². The summed E-state index contributed by atoms with van der Waals surface area (Å²) in [6, 6.07) is 10.2. The van der Waals surface area contributed by atoms with Crippen LogP contribution in [0, 0.1) is 19.7 Å². The smallest absolute Gasteiger partial charge is 0.284 e. The first kappa shape index (κ1) is 23.0. The van der Waals surface area contributed by atoms with E-state index in [0.29, 0.717) is 17.1 Å². The molecule has 5 rings (SSSR count). The van der Waals surface area contributed by atoms with E-state index in [9.17, 15) is 14.0 Å². The van der Waals surface area contributed by atoms with Crippen LogP contribution in [0.1, 0.15) is 51.3 Å². The minimum atomic E-state index is -0.639. The highest BCUT2D eigenvalue weighted by Gasteiger charge is 2.41. The fourth-order valence-electron chi connectivity index (χ4n) is 4.63. The number of aromatic nitrogens is 4. The Balaban J connectivity index is 1.54. The molecule has 7 nitrogen and oxygen atoms in total. The highest BCUT2D eigenvalue weighted by atomic mass is 35.5. The fraction of sp³-hybridized carbons (Fsp3) is 0.231. The molecule has 1 aliphatic carbocycles. The van der Waals surface area contributed by atoms with Gasteiger partial charge in [0.05, 0.1) is 11.4 Å². The molecule has 2 atom stereocenters. The highest BCUT2D eigenvalue weighted by Crippen LogP contribution is 2.55. The number of benzene rings is 1. The van der Waals surface area contributed by atoms with Crippen molar-refractivity contribution in [1.82, 2.24) is 19.1 Å². The van der Waals surface area contributed by atoms with Gasteiger partial charge in [0.15, 0.2) is 5.82 Å². The first-order valence-electron chi connectivity index (χ1n) is 11.1. The second kappa shape index (κ2) is 8.46. The number of amides is 1. The van der Waals surface area contributed by atoms with Gasteiger partial charge >= 0.3 is 0 Å². The van der Waals surface area contributed by atoms with Gasteiger partial charge in [0, 0.05) is 25.1 Å². The minimum Gasteiger partial charge on any atom is -0.363 e. The van der Waals surface area contributed by atoms with E-state index >= 15 is 0 Å². The monoisotopic (exact) mass is 491 g/mol. The number of hydrogen-bond donors (Lipinski definition) is 1. The van der Waals surface area contributed by atoms with Crippen molar-refractivity contribution in [3.05, 3.63) is 98.2 Å². The number of halogens is 2. The molecule has 2 N–H and O–H groups in total. The molecule has 1 aromatic carbocycles. The van der Waals surface area contributed by atoms with Gasteiger partial charge in [-0.25, -0.2) is 9.37 Å². The van der Waals surface area contributed by atoms with Crippen LogP contribution in [0.4, 0.5) is 4.39 Å². The molecule has 1 unspecified atom stereocenters. The number of carbonyl (C=O) groups is 1. The van der Waals surface area contributed by atoms with Crippen LogP contribution in [0.2, 0.25) is 5.02 Å². The van der Waals surface area contributed by atoms with E-state index in [0.717, 1.165) is 28.8 Å². The van der Waals surface area contributed by atoms with E-state index in [4.69, 9.17) is 17.3 Å². The van der Waals surface area contributed by atoms with Gasteiger partial charge in [-0.3, -0.25) is 19.1 Å². The third kappa shape index (κ3) is 4.04. The summed E-state index contributed by atoms with van der Waals surface area (Å²) < 4.78 is 16.4. The molecule has 1 aliphatic rings. The predicted molar refractivity (Wildman–Crippen MR) is 132 cm³/mol. The summed E-state index contributed by atoms with van der Waals surface area (Å²) in [5.41, 5.74) is 10.0.